The van der Waals surface area contributed by atoms with Crippen LogP contribution in [-0.2, 0) is 19.9 Å². The van der Waals surface area contributed by atoms with E-state index in [2.05, 4.69) is 22.0 Å². The number of halogens is 1. The van der Waals surface area contributed by atoms with Gasteiger partial charge in [0.15, 0.2) is 0 Å². The number of nitrogens with zero attached hydrogens (tertiary/aromatic N) is 2. The van der Waals surface area contributed by atoms with E-state index in [4.69, 9.17) is 4.98 Å². The van der Waals surface area contributed by atoms with E-state index in [-0.39, 0.29) is 11.7 Å². The van der Waals surface area contributed by atoms with Crippen LogP contribution in [0.3, 0.4) is 0 Å². The fourth-order valence-electron chi connectivity index (χ4n) is 3.26. The van der Waals surface area contributed by atoms with Crippen molar-refractivity contribution >= 4 is 22.6 Å². The molecule has 0 saturated carbocycles. The smallest absolute Gasteiger partial charge is 0.255 e. The van der Waals surface area contributed by atoms with Crippen LogP contribution in [0.4, 0.5) is 10.1 Å². The molecule has 0 aliphatic rings. The lowest BCUT2D eigenvalue weighted by Crippen LogP contribution is -2.11. The maximum absolute atomic E-state index is 13.0. The predicted molar refractivity (Wildman–Crippen MR) is 109 cm³/mol. The lowest BCUT2D eigenvalue weighted by molar-refractivity contribution is 0.102. The predicted octanol–water partition coefficient (Wildman–Crippen LogP) is 4.75. The maximum Gasteiger partial charge on any atom is 0.255 e. The van der Waals surface area contributed by atoms with Gasteiger partial charge < -0.3 is 9.88 Å². The molecule has 0 saturated heterocycles. The molecule has 3 aromatic carbocycles. The summed E-state index contributed by atoms with van der Waals surface area (Å²) in [5.74, 6) is 0.356. The van der Waals surface area contributed by atoms with Crippen LogP contribution in [-0.4, -0.2) is 15.5 Å². The average Bonchev–Trinajstić information content (AvgIpc) is 3.03. The van der Waals surface area contributed by atoms with E-state index in [1.54, 1.807) is 0 Å². The molecule has 28 heavy (non-hydrogen) atoms. The van der Waals surface area contributed by atoms with Crippen molar-refractivity contribution in [1.29, 1.82) is 0 Å². The van der Waals surface area contributed by atoms with Crippen LogP contribution in [0.25, 0.3) is 11.0 Å². The quantitative estimate of drug-likeness (QED) is 0.549. The van der Waals surface area contributed by atoms with E-state index in [0.717, 1.165) is 29.7 Å². The second-order valence-corrected chi connectivity index (χ2v) is 6.74. The molecule has 1 heterocycles. The van der Waals surface area contributed by atoms with Crippen LogP contribution in [0, 0.1) is 5.82 Å². The SMILES string of the molecule is Cn1c(CCc2ccccc2)nc2cc(NC(=O)c3ccc(F)cc3)ccc21. The molecule has 0 fully saturated rings. The Morgan fingerprint density at radius 3 is 2.50 bits per heavy atom. The van der Waals surface area contributed by atoms with Gasteiger partial charge in [-0.1, -0.05) is 30.3 Å². The van der Waals surface area contributed by atoms with Crippen LogP contribution < -0.4 is 5.32 Å². The third-order valence-corrected chi connectivity index (χ3v) is 4.82. The number of carbonyl (C=O) groups is 1. The molecular weight excluding hydrogens is 353 g/mol. The van der Waals surface area contributed by atoms with E-state index in [0.29, 0.717) is 11.3 Å². The van der Waals surface area contributed by atoms with Crippen molar-refractivity contribution in [3.05, 3.63) is 95.6 Å². The Morgan fingerprint density at radius 2 is 1.75 bits per heavy atom. The number of hydrogen-bond donors (Lipinski definition) is 1. The Morgan fingerprint density at radius 1 is 1.00 bits per heavy atom. The summed E-state index contributed by atoms with van der Waals surface area (Å²) in [6.45, 7) is 0. The van der Waals surface area contributed by atoms with E-state index in [1.165, 1.54) is 29.8 Å². The number of benzene rings is 3. The summed E-state index contributed by atoms with van der Waals surface area (Å²) < 4.78 is 15.1. The highest BCUT2D eigenvalue weighted by Gasteiger charge is 2.11. The van der Waals surface area contributed by atoms with Crippen molar-refractivity contribution in [2.45, 2.75) is 12.8 Å². The molecule has 0 atom stereocenters. The summed E-state index contributed by atoms with van der Waals surface area (Å²) in [6.07, 6.45) is 1.76. The van der Waals surface area contributed by atoms with Gasteiger partial charge in [0.1, 0.15) is 11.6 Å². The first-order chi connectivity index (χ1) is 13.6. The summed E-state index contributed by atoms with van der Waals surface area (Å²) in [5, 5.41) is 2.85. The zero-order valence-corrected chi connectivity index (χ0v) is 15.5. The number of aromatic nitrogens is 2. The van der Waals surface area contributed by atoms with E-state index < -0.39 is 0 Å². The molecule has 1 aromatic heterocycles. The lowest BCUT2D eigenvalue weighted by Gasteiger charge is -2.06. The minimum Gasteiger partial charge on any atom is -0.331 e. The van der Waals surface area contributed by atoms with Crippen molar-refractivity contribution in [2.24, 2.45) is 7.05 Å². The van der Waals surface area contributed by atoms with Crippen molar-refractivity contribution in [1.82, 2.24) is 9.55 Å². The third-order valence-electron chi connectivity index (χ3n) is 4.82. The van der Waals surface area contributed by atoms with E-state index >= 15 is 0 Å². The number of anilines is 1. The van der Waals surface area contributed by atoms with Crippen LogP contribution in [0.1, 0.15) is 21.7 Å². The summed E-state index contributed by atoms with van der Waals surface area (Å²) in [7, 11) is 2.01. The monoisotopic (exact) mass is 373 g/mol. The Bertz CT molecular complexity index is 1120. The van der Waals surface area contributed by atoms with Crippen molar-refractivity contribution in [2.75, 3.05) is 5.32 Å². The molecule has 0 spiro atoms. The third kappa shape index (κ3) is 3.78. The number of hydrogen-bond acceptors (Lipinski definition) is 2. The molecule has 5 heteroatoms. The number of imidazole rings is 1. The fraction of sp³-hybridized carbons (Fsp3) is 0.130. The highest BCUT2D eigenvalue weighted by Crippen LogP contribution is 2.21. The molecule has 4 rings (SSSR count). The van der Waals surface area contributed by atoms with Crippen LogP contribution >= 0.6 is 0 Å². The van der Waals surface area contributed by atoms with E-state index in [9.17, 15) is 9.18 Å². The van der Waals surface area contributed by atoms with Gasteiger partial charge in [-0.15, -0.1) is 0 Å². The standard InChI is InChI=1S/C23H20FN3O/c1-27-21-13-12-19(25-23(28)17-8-10-18(24)11-9-17)15-20(21)26-22(27)14-7-16-5-3-2-4-6-16/h2-6,8-13,15H,7,14H2,1H3,(H,25,28). The summed E-state index contributed by atoms with van der Waals surface area (Å²) in [4.78, 5) is 17.1. The lowest BCUT2D eigenvalue weighted by atomic mass is 10.1. The van der Waals surface area contributed by atoms with Gasteiger partial charge in [-0.2, -0.15) is 0 Å². The minimum absolute atomic E-state index is 0.278. The number of rotatable bonds is 5. The summed E-state index contributed by atoms with van der Waals surface area (Å²) >= 11 is 0. The fourth-order valence-corrected chi connectivity index (χ4v) is 3.26. The maximum atomic E-state index is 13.0. The molecule has 4 nitrogen and oxygen atoms in total. The molecule has 140 valence electrons. The minimum atomic E-state index is -0.366. The first kappa shape index (κ1) is 17.9. The topological polar surface area (TPSA) is 46.9 Å². The second-order valence-electron chi connectivity index (χ2n) is 6.74. The summed E-state index contributed by atoms with van der Waals surface area (Å²) in [5.41, 5.74) is 4.20. The number of aryl methyl sites for hydroxylation is 3. The first-order valence-electron chi connectivity index (χ1n) is 9.16. The zero-order valence-electron chi connectivity index (χ0n) is 15.5. The molecule has 1 N–H and O–H groups in total. The van der Waals surface area contributed by atoms with Crippen molar-refractivity contribution in [3.63, 3.8) is 0 Å². The number of nitrogens with one attached hydrogen (secondary N) is 1. The van der Waals surface area contributed by atoms with Gasteiger partial charge >= 0.3 is 0 Å². The zero-order chi connectivity index (χ0) is 19.5. The molecular formula is C23H20FN3O. The highest BCUT2D eigenvalue weighted by atomic mass is 19.1. The molecule has 0 radical (unpaired) electrons. The number of carbonyl (C=O) groups excluding carboxylic acids is 1. The van der Waals surface area contributed by atoms with Crippen LogP contribution in [0.15, 0.2) is 72.8 Å². The van der Waals surface area contributed by atoms with Crippen LogP contribution in [0.2, 0.25) is 0 Å². The normalized spacial score (nSPS) is 10.9. The van der Waals surface area contributed by atoms with Gasteiger partial charge in [0.25, 0.3) is 5.91 Å². The van der Waals surface area contributed by atoms with Gasteiger partial charge in [0.05, 0.1) is 11.0 Å². The Balaban J connectivity index is 1.52. The Hall–Kier alpha value is -3.47. The van der Waals surface area contributed by atoms with Crippen molar-refractivity contribution < 1.29 is 9.18 Å². The van der Waals surface area contributed by atoms with Crippen molar-refractivity contribution in [3.8, 4) is 0 Å². The number of amides is 1. The van der Waals surface area contributed by atoms with Gasteiger partial charge in [-0.05, 0) is 54.4 Å². The molecule has 0 unspecified atom stereocenters. The number of fused-ring (bicyclic) bond motifs is 1. The van der Waals surface area contributed by atoms with Gasteiger partial charge in [-0.25, -0.2) is 9.37 Å². The van der Waals surface area contributed by atoms with E-state index in [1.807, 2.05) is 43.4 Å². The largest absolute Gasteiger partial charge is 0.331 e. The van der Waals surface area contributed by atoms with Gasteiger partial charge in [0, 0.05) is 24.7 Å². The molecule has 0 aliphatic heterocycles. The first-order valence-corrected chi connectivity index (χ1v) is 9.16. The Labute approximate surface area is 162 Å². The van der Waals surface area contributed by atoms with Gasteiger partial charge in [-0.3, -0.25) is 4.79 Å². The molecule has 0 bridgehead atoms. The second kappa shape index (κ2) is 7.64. The van der Waals surface area contributed by atoms with Gasteiger partial charge in [0.2, 0.25) is 0 Å². The summed E-state index contributed by atoms with van der Waals surface area (Å²) in [6, 6.07) is 21.5. The average molecular weight is 373 g/mol. The highest BCUT2D eigenvalue weighted by molar-refractivity contribution is 6.04. The molecule has 0 aliphatic carbocycles. The van der Waals surface area contributed by atoms with Crippen LogP contribution in [0.5, 0.6) is 0 Å². The molecule has 1 amide bonds. The Kier molecular flexibility index (Phi) is 4.89. The molecule has 4 aromatic rings.